The molecule has 21 heavy (non-hydrogen) atoms. The van der Waals surface area contributed by atoms with E-state index < -0.39 is 0 Å². The molecule has 0 bridgehead atoms. The van der Waals surface area contributed by atoms with E-state index in [0.29, 0.717) is 6.04 Å². The van der Waals surface area contributed by atoms with Crippen LogP contribution in [0.5, 0.6) is 0 Å². The van der Waals surface area contributed by atoms with E-state index in [4.69, 9.17) is 9.72 Å². The lowest BCUT2D eigenvalue weighted by molar-refractivity contribution is 0.00298. The van der Waals surface area contributed by atoms with Crippen molar-refractivity contribution in [1.29, 1.82) is 0 Å². The van der Waals surface area contributed by atoms with Gasteiger partial charge in [-0.25, -0.2) is 9.97 Å². The Kier molecular flexibility index (Phi) is 4.73. The maximum absolute atomic E-state index is 5.47. The third-order valence-corrected chi connectivity index (χ3v) is 4.87. The molecule has 0 saturated carbocycles. The van der Waals surface area contributed by atoms with E-state index in [1.54, 1.807) is 11.8 Å². The van der Waals surface area contributed by atoms with Crippen molar-refractivity contribution in [1.82, 2.24) is 14.9 Å². The highest BCUT2D eigenvalue weighted by Gasteiger charge is 2.18. The summed E-state index contributed by atoms with van der Waals surface area (Å²) in [6.45, 7) is 8.07. The van der Waals surface area contributed by atoms with Gasteiger partial charge in [-0.1, -0.05) is 12.1 Å². The maximum atomic E-state index is 5.47. The maximum Gasteiger partial charge on any atom is 0.118 e. The van der Waals surface area contributed by atoms with Gasteiger partial charge >= 0.3 is 0 Å². The molecule has 2 heterocycles. The van der Waals surface area contributed by atoms with Crippen LogP contribution < -0.4 is 0 Å². The number of aryl methyl sites for hydroxylation is 1. The molecule has 5 heteroatoms. The first-order chi connectivity index (χ1) is 10.2. The van der Waals surface area contributed by atoms with Gasteiger partial charge in [-0.2, -0.15) is 0 Å². The molecule has 1 aromatic carbocycles. The van der Waals surface area contributed by atoms with Gasteiger partial charge in [0.15, 0.2) is 0 Å². The van der Waals surface area contributed by atoms with Crippen LogP contribution >= 0.6 is 11.8 Å². The monoisotopic (exact) mass is 303 g/mol. The van der Waals surface area contributed by atoms with Crippen molar-refractivity contribution in [3.05, 3.63) is 30.0 Å². The summed E-state index contributed by atoms with van der Waals surface area (Å²) in [6.07, 6.45) is 0. The van der Waals surface area contributed by atoms with Crippen LogP contribution in [0.1, 0.15) is 12.6 Å². The van der Waals surface area contributed by atoms with Crippen molar-refractivity contribution < 1.29 is 4.74 Å². The fourth-order valence-electron chi connectivity index (χ4n) is 2.56. The number of para-hydroxylation sites is 2. The molecule has 1 atom stereocenters. The summed E-state index contributed by atoms with van der Waals surface area (Å²) in [5.74, 6) is 1.04. The molecule has 0 spiro atoms. The largest absolute Gasteiger partial charge is 0.379 e. The van der Waals surface area contributed by atoms with Crippen LogP contribution in [0.4, 0.5) is 0 Å². The summed E-state index contributed by atoms with van der Waals surface area (Å²) in [6, 6.07) is 8.57. The number of benzene rings is 1. The van der Waals surface area contributed by atoms with E-state index in [1.807, 2.05) is 31.2 Å². The third-order valence-electron chi connectivity index (χ3n) is 3.82. The number of aromatic nitrogens is 2. The van der Waals surface area contributed by atoms with Crippen LogP contribution in [-0.2, 0) is 4.74 Å². The van der Waals surface area contributed by atoms with E-state index in [2.05, 4.69) is 16.8 Å². The molecule has 3 rings (SSSR count). The van der Waals surface area contributed by atoms with Crippen molar-refractivity contribution in [2.45, 2.75) is 24.9 Å². The van der Waals surface area contributed by atoms with Crippen molar-refractivity contribution in [3.63, 3.8) is 0 Å². The van der Waals surface area contributed by atoms with Gasteiger partial charge in [0.2, 0.25) is 0 Å². The highest BCUT2D eigenvalue weighted by Crippen LogP contribution is 2.22. The zero-order valence-corrected chi connectivity index (χ0v) is 13.4. The summed E-state index contributed by atoms with van der Waals surface area (Å²) >= 11 is 1.80. The van der Waals surface area contributed by atoms with Crippen LogP contribution in [-0.4, -0.2) is 53.0 Å². The number of fused-ring (bicyclic) bond motifs is 1. The molecule has 0 radical (unpaired) electrons. The molecule has 2 aromatic rings. The number of nitrogens with zero attached hydrogens (tertiary/aromatic N) is 3. The number of thioether (sulfide) groups is 1. The topological polar surface area (TPSA) is 38.2 Å². The molecule has 0 N–H and O–H groups in total. The normalized spacial score (nSPS) is 20.0. The number of ether oxygens (including phenoxy) is 1. The fraction of sp³-hybridized carbons (Fsp3) is 0.500. The summed E-state index contributed by atoms with van der Waals surface area (Å²) in [7, 11) is 0. The van der Waals surface area contributed by atoms with E-state index in [9.17, 15) is 0 Å². The van der Waals surface area contributed by atoms with Gasteiger partial charge in [-0.05, 0) is 26.0 Å². The Hall–Kier alpha value is -1.17. The van der Waals surface area contributed by atoms with Crippen LogP contribution in [0, 0.1) is 6.92 Å². The Morgan fingerprint density at radius 2 is 2.05 bits per heavy atom. The van der Waals surface area contributed by atoms with Crippen LogP contribution in [0.25, 0.3) is 11.0 Å². The van der Waals surface area contributed by atoms with Crippen molar-refractivity contribution in [2.24, 2.45) is 0 Å². The van der Waals surface area contributed by atoms with Gasteiger partial charge < -0.3 is 4.74 Å². The van der Waals surface area contributed by atoms with E-state index in [-0.39, 0.29) is 0 Å². The Morgan fingerprint density at radius 1 is 1.29 bits per heavy atom. The SMILES string of the molecule is Cc1nc2ccccc2nc1SCCN1CCOCC1C. The predicted octanol–water partition coefficient (Wildman–Crippen LogP) is 2.75. The predicted molar refractivity (Wildman–Crippen MR) is 86.9 cm³/mol. The molecule has 1 aliphatic rings. The van der Waals surface area contributed by atoms with E-state index in [1.165, 1.54) is 0 Å². The van der Waals surface area contributed by atoms with Gasteiger partial charge in [-0.15, -0.1) is 11.8 Å². The highest BCUT2D eigenvalue weighted by atomic mass is 32.2. The number of hydrogen-bond donors (Lipinski definition) is 0. The molecule has 0 aliphatic carbocycles. The summed E-state index contributed by atoms with van der Waals surface area (Å²) < 4.78 is 5.47. The number of morpholine rings is 1. The molecular weight excluding hydrogens is 282 g/mol. The minimum absolute atomic E-state index is 0.517. The molecular formula is C16H21N3OS. The second-order valence-corrected chi connectivity index (χ2v) is 6.49. The fourth-order valence-corrected chi connectivity index (χ4v) is 3.50. The lowest BCUT2D eigenvalue weighted by Gasteiger charge is -2.32. The summed E-state index contributed by atoms with van der Waals surface area (Å²) in [5, 5.41) is 1.05. The van der Waals surface area contributed by atoms with Gasteiger partial charge in [-0.3, -0.25) is 4.90 Å². The van der Waals surface area contributed by atoms with Crippen molar-refractivity contribution in [3.8, 4) is 0 Å². The minimum Gasteiger partial charge on any atom is -0.379 e. The van der Waals surface area contributed by atoms with Gasteiger partial charge in [0.05, 0.1) is 29.9 Å². The molecule has 0 amide bonds. The quantitative estimate of drug-likeness (QED) is 0.812. The average molecular weight is 303 g/mol. The zero-order valence-electron chi connectivity index (χ0n) is 12.6. The molecule has 1 unspecified atom stereocenters. The Morgan fingerprint density at radius 3 is 2.81 bits per heavy atom. The van der Waals surface area contributed by atoms with Gasteiger partial charge in [0, 0.05) is 24.9 Å². The van der Waals surface area contributed by atoms with Gasteiger partial charge in [0.1, 0.15) is 5.03 Å². The molecule has 4 nitrogen and oxygen atoms in total. The van der Waals surface area contributed by atoms with Crippen molar-refractivity contribution in [2.75, 3.05) is 32.1 Å². The summed E-state index contributed by atoms with van der Waals surface area (Å²) in [4.78, 5) is 11.9. The zero-order chi connectivity index (χ0) is 14.7. The lowest BCUT2D eigenvalue weighted by Crippen LogP contribution is -2.44. The van der Waals surface area contributed by atoms with Gasteiger partial charge in [0.25, 0.3) is 0 Å². The molecule has 112 valence electrons. The first-order valence-electron chi connectivity index (χ1n) is 7.42. The van der Waals surface area contributed by atoms with Crippen molar-refractivity contribution >= 4 is 22.8 Å². The smallest absolute Gasteiger partial charge is 0.118 e. The first kappa shape index (κ1) is 14.8. The van der Waals surface area contributed by atoms with Crippen LogP contribution in [0.15, 0.2) is 29.3 Å². The van der Waals surface area contributed by atoms with Crippen LogP contribution in [0.3, 0.4) is 0 Å². The first-order valence-corrected chi connectivity index (χ1v) is 8.40. The Bertz CT molecular complexity index is 619. The van der Waals surface area contributed by atoms with Crippen LogP contribution in [0.2, 0.25) is 0 Å². The van der Waals surface area contributed by atoms with E-state index in [0.717, 1.165) is 53.8 Å². The third kappa shape index (κ3) is 3.54. The highest BCUT2D eigenvalue weighted by molar-refractivity contribution is 7.99. The van der Waals surface area contributed by atoms with E-state index >= 15 is 0 Å². The number of rotatable bonds is 4. The molecule has 1 saturated heterocycles. The number of hydrogen-bond acceptors (Lipinski definition) is 5. The lowest BCUT2D eigenvalue weighted by atomic mass is 10.2. The molecule has 1 aliphatic heterocycles. The minimum atomic E-state index is 0.517. The molecule has 1 fully saturated rings. The second-order valence-electron chi connectivity index (χ2n) is 5.41. The Balaban J connectivity index is 1.63. The molecule has 1 aromatic heterocycles. The average Bonchev–Trinajstić information content (AvgIpc) is 2.49. The Labute approximate surface area is 129 Å². The summed E-state index contributed by atoms with van der Waals surface area (Å²) in [5.41, 5.74) is 2.97. The standard InChI is InChI=1S/C16H21N3OS/c1-12-11-20-9-7-19(12)8-10-21-16-13(2)17-14-5-3-4-6-15(14)18-16/h3-6,12H,7-11H2,1-2H3. The second kappa shape index (κ2) is 6.73.